The highest BCUT2D eigenvalue weighted by molar-refractivity contribution is 5.76. The van der Waals surface area contributed by atoms with E-state index in [0.29, 0.717) is 6.42 Å². The fourth-order valence-electron chi connectivity index (χ4n) is 2.61. The summed E-state index contributed by atoms with van der Waals surface area (Å²) in [5.41, 5.74) is 2.50. The molecule has 0 N–H and O–H groups in total. The molecule has 0 saturated heterocycles. The lowest BCUT2D eigenvalue weighted by molar-refractivity contribution is -0.130. The van der Waals surface area contributed by atoms with Gasteiger partial charge in [-0.05, 0) is 36.2 Å². The van der Waals surface area contributed by atoms with Crippen LogP contribution >= 0.6 is 0 Å². The summed E-state index contributed by atoms with van der Waals surface area (Å²) in [5, 5.41) is 0. The summed E-state index contributed by atoms with van der Waals surface area (Å²) in [7, 11) is 1.89. The number of amides is 1. The van der Waals surface area contributed by atoms with Gasteiger partial charge in [0.05, 0.1) is 0 Å². The molecule has 1 heterocycles. The molecule has 0 radical (unpaired) electrons. The van der Waals surface area contributed by atoms with Crippen LogP contribution < -0.4 is 0 Å². The van der Waals surface area contributed by atoms with Gasteiger partial charge >= 0.3 is 0 Å². The van der Waals surface area contributed by atoms with Crippen LogP contribution in [0.1, 0.15) is 24.5 Å². The number of hydrogen-bond donors (Lipinski definition) is 0. The summed E-state index contributed by atoms with van der Waals surface area (Å²) in [5.74, 6) is 0.204. The summed E-state index contributed by atoms with van der Waals surface area (Å²) in [4.78, 5) is 20.5. The van der Waals surface area contributed by atoms with E-state index in [2.05, 4.69) is 41.1 Å². The molecule has 0 aliphatic heterocycles. The van der Waals surface area contributed by atoms with Crippen LogP contribution in [-0.4, -0.2) is 47.4 Å². The fraction of sp³-hybridized carbons (Fsp3) is 0.400. The molecule has 0 aliphatic carbocycles. The van der Waals surface area contributed by atoms with Gasteiger partial charge in [0.25, 0.3) is 0 Å². The second-order valence-corrected chi connectivity index (χ2v) is 6.03. The van der Waals surface area contributed by atoms with Gasteiger partial charge < -0.3 is 4.90 Å². The van der Waals surface area contributed by atoms with Gasteiger partial charge in [0.2, 0.25) is 5.91 Å². The Bertz CT molecular complexity index is 601. The van der Waals surface area contributed by atoms with Crippen LogP contribution in [0.2, 0.25) is 0 Å². The van der Waals surface area contributed by atoms with Gasteiger partial charge in [0, 0.05) is 45.5 Å². The van der Waals surface area contributed by atoms with E-state index in [0.717, 1.165) is 32.6 Å². The Morgan fingerprint density at radius 2 is 1.71 bits per heavy atom. The van der Waals surface area contributed by atoms with Gasteiger partial charge in [0.15, 0.2) is 0 Å². The van der Waals surface area contributed by atoms with Crippen LogP contribution in [0.3, 0.4) is 0 Å². The van der Waals surface area contributed by atoms with E-state index < -0.39 is 0 Å². The molecule has 0 aliphatic rings. The van der Waals surface area contributed by atoms with Crippen molar-refractivity contribution in [1.82, 2.24) is 14.8 Å². The Balaban J connectivity index is 1.74. The number of carbonyl (C=O) groups is 1. The van der Waals surface area contributed by atoms with Crippen LogP contribution in [0, 0.1) is 0 Å². The van der Waals surface area contributed by atoms with Crippen LogP contribution in [0.4, 0.5) is 0 Å². The zero-order valence-electron chi connectivity index (χ0n) is 14.7. The van der Waals surface area contributed by atoms with Gasteiger partial charge in [-0.1, -0.05) is 37.3 Å². The smallest absolute Gasteiger partial charge is 0.223 e. The molecule has 24 heavy (non-hydrogen) atoms. The van der Waals surface area contributed by atoms with E-state index in [-0.39, 0.29) is 5.91 Å². The highest BCUT2D eigenvalue weighted by atomic mass is 16.2. The maximum atomic E-state index is 12.3. The summed E-state index contributed by atoms with van der Waals surface area (Å²) in [6, 6.07) is 14.4. The molecule has 4 nitrogen and oxygen atoms in total. The Hall–Kier alpha value is -2.20. The van der Waals surface area contributed by atoms with Crippen molar-refractivity contribution in [2.24, 2.45) is 0 Å². The summed E-state index contributed by atoms with van der Waals surface area (Å²) >= 11 is 0. The molecule has 0 bridgehead atoms. The Kier molecular flexibility index (Phi) is 7.43. The van der Waals surface area contributed by atoms with E-state index in [1.54, 1.807) is 12.4 Å². The molecule has 0 saturated carbocycles. The van der Waals surface area contributed by atoms with E-state index in [4.69, 9.17) is 0 Å². The minimum atomic E-state index is 0.204. The summed E-state index contributed by atoms with van der Waals surface area (Å²) in [6.07, 6.45) is 5.01. The number of carbonyl (C=O) groups excluding carboxylic acids is 1. The SMILES string of the molecule is CCN(CCC(=O)N(C)CCc1ccncc1)Cc1ccccc1. The van der Waals surface area contributed by atoms with Gasteiger partial charge in [0.1, 0.15) is 0 Å². The highest BCUT2D eigenvalue weighted by Gasteiger charge is 2.11. The van der Waals surface area contributed by atoms with Crippen molar-refractivity contribution in [3.63, 3.8) is 0 Å². The summed E-state index contributed by atoms with van der Waals surface area (Å²) < 4.78 is 0. The van der Waals surface area contributed by atoms with Crippen molar-refractivity contribution in [2.75, 3.05) is 26.7 Å². The second kappa shape index (κ2) is 9.83. The molecule has 128 valence electrons. The van der Waals surface area contributed by atoms with Gasteiger partial charge in [-0.25, -0.2) is 0 Å². The Morgan fingerprint density at radius 3 is 2.38 bits per heavy atom. The number of aromatic nitrogens is 1. The number of rotatable bonds is 9. The second-order valence-electron chi connectivity index (χ2n) is 6.03. The molecule has 0 spiro atoms. The highest BCUT2D eigenvalue weighted by Crippen LogP contribution is 2.06. The zero-order chi connectivity index (χ0) is 17.2. The van der Waals surface area contributed by atoms with E-state index in [1.807, 2.05) is 30.1 Å². The average Bonchev–Trinajstić information content (AvgIpc) is 2.64. The summed E-state index contributed by atoms with van der Waals surface area (Å²) in [6.45, 7) is 5.52. The normalized spacial score (nSPS) is 10.8. The number of nitrogens with zero attached hydrogens (tertiary/aromatic N) is 3. The van der Waals surface area contributed by atoms with E-state index >= 15 is 0 Å². The van der Waals surface area contributed by atoms with Gasteiger partial charge in [-0.15, -0.1) is 0 Å². The van der Waals surface area contributed by atoms with Crippen molar-refractivity contribution in [1.29, 1.82) is 0 Å². The maximum absolute atomic E-state index is 12.3. The Labute approximate surface area is 145 Å². The van der Waals surface area contributed by atoms with E-state index in [9.17, 15) is 4.79 Å². The molecule has 0 atom stereocenters. The molecular formula is C20H27N3O. The fourth-order valence-corrected chi connectivity index (χ4v) is 2.61. The molecule has 0 fully saturated rings. The minimum Gasteiger partial charge on any atom is -0.345 e. The lowest BCUT2D eigenvalue weighted by Crippen LogP contribution is -2.33. The maximum Gasteiger partial charge on any atom is 0.223 e. The third-order valence-electron chi connectivity index (χ3n) is 4.25. The number of pyridine rings is 1. The molecule has 1 aromatic heterocycles. The molecule has 0 unspecified atom stereocenters. The van der Waals surface area contributed by atoms with Gasteiger partial charge in [-0.3, -0.25) is 14.7 Å². The molecular weight excluding hydrogens is 298 g/mol. The first kappa shape index (κ1) is 18.1. The van der Waals surface area contributed by atoms with Crippen molar-refractivity contribution in [3.05, 3.63) is 66.0 Å². The average molecular weight is 325 g/mol. The predicted molar refractivity (Wildman–Crippen MR) is 97.6 cm³/mol. The third-order valence-corrected chi connectivity index (χ3v) is 4.25. The van der Waals surface area contributed by atoms with E-state index in [1.165, 1.54) is 11.1 Å². The lowest BCUT2D eigenvalue weighted by atomic mass is 10.2. The first-order valence-electron chi connectivity index (χ1n) is 8.58. The van der Waals surface area contributed by atoms with Crippen molar-refractivity contribution in [3.8, 4) is 0 Å². The number of likely N-dealkylation sites (N-methyl/N-ethyl adjacent to an activating group) is 1. The third kappa shape index (κ3) is 6.13. The van der Waals surface area contributed by atoms with Crippen molar-refractivity contribution in [2.45, 2.75) is 26.3 Å². The van der Waals surface area contributed by atoms with Crippen molar-refractivity contribution >= 4 is 5.91 Å². The first-order valence-corrected chi connectivity index (χ1v) is 8.58. The molecule has 1 amide bonds. The topological polar surface area (TPSA) is 36.4 Å². The van der Waals surface area contributed by atoms with Crippen LogP contribution in [0.5, 0.6) is 0 Å². The minimum absolute atomic E-state index is 0.204. The van der Waals surface area contributed by atoms with Crippen LogP contribution in [0.25, 0.3) is 0 Å². The Morgan fingerprint density at radius 1 is 1.00 bits per heavy atom. The molecule has 2 rings (SSSR count). The predicted octanol–water partition coefficient (Wildman–Crippen LogP) is 2.99. The van der Waals surface area contributed by atoms with Gasteiger partial charge in [-0.2, -0.15) is 0 Å². The van der Waals surface area contributed by atoms with Crippen LogP contribution in [0.15, 0.2) is 54.9 Å². The standard InChI is InChI=1S/C20H27N3O/c1-3-23(17-19-7-5-4-6-8-19)16-12-20(24)22(2)15-11-18-9-13-21-14-10-18/h4-10,13-14H,3,11-12,15-17H2,1-2H3. The quantitative estimate of drug-likeness (QED) is 0.711. The first-order chi connectivity index (χ1) is 11.7. The zero-order valence-corrected chi connectivity index (χ0v) is 14.7. The monoisotopic (exact) mass is 325 g/mol. The van der Waals surface area contributed by atoms with Crippen LogP contribution in [-0.2, 0) is 17.8 Å². The molecule has 2 aromatic rings. The van der Waals surface area contributed by atoms with Crippen molar-refractivity contribution < 1.29 is 4.79 Å². The lowest BCUT2D eigenvalue weighted by Gasteiger charge is -2.22. The largest absolute Gasteiger partial charge is 0.345 e. The molecule has 4 heteroatoms. The number of benzene rings is 1. The number of hydrogen-bond acceptors (Lipinski definition) is 3. The molecule has 1 aromatic carbocycles.